The van der Waals surface area contributed by atoms with Gasteiger partial charge in [0.25, 0.3) is 0 Å². The van der Waals surface area contributed by atoms with Crippen LogP contribution in [0.5, 0.6) is 0 Å². The summed E-state index contributed by atoms with van der Waals surface area (Å²) in [5.41, 5.74) is 0. The summed E-state index contributed by atoms with van der Waals surface area (Å²) in [6.07, 6.45) is 2.79. The molecular weight excluding hydrogens is 266 g/mol. The number of primary sulfonamides is 1. The topological polar surface area (TPSA) is 119 Å². The SMILES string of the molecule is NS(=O)(=O)CCCNS(=O)(=O)c1cccnc1. The second kappa shape index (κ2) is 5.54. The van der Waals surface area contributed by atoms with Gasteiger partial charge in [-0.3, -0.25) is 4.98 Å². The largest absolute Gasteiger partial charge is 0.263 e. The molecule has 0 saturated carbocycles. The van der Waals surface area contributed by atoms with Gasteiger partial charge in [-0.1, -0.05) is 0 Å². The lowest BCUT2D eigenvalue weighted by atomic mass is 10.5. The molecule has 1 aromatic heterocycles. The van der Waals surface area contributed by atoms with Crippen LogP contribution in [0.1, 0.15) is 6.42 Å². The van der Waals surface area contributed by atoms with Crippen molar-refractivity contribution in [1.29, 1.82) is 0 Å². The second-order valence-corrected chi connectivity index (χ2v) is 6.81. The van der Waals surface area contributed by atoms with Crippen LogP contribution in [0.3, 0.4) is 0 Å². The van der Waals surface area contributed by atoms with E-state index in [2.05, 4.69) is 9.71 Å². The fraction of sp³-hybridized carbons (Fsp3) is 0.375. The normalized spacial score (nSPS) is 12.5. The number of hydrogen-bond acceptors (Lipinski definition) is 5. The second-order valence-electron chi connectivity index (χ2n) is 3.31. The van der Waals surface area contributed by atoms with Gasteiger partial charge in [0, 0.05) is 18.9 Å². The Bertz CT molecular complexity index is 554. The van der Waals surface area contributed by atoms with Crippen LogP contribution in [0.15, 0.2) is 29.4 Å². The monoisotopic (exact) mass is 279 g/mol. The summed E-state index contributed by atoms with van der Waals surface area (Å²) < 4.78 is 46.7. The summed E-state index contributed by atoms with van der Waals surface area (Å²) in [7, 11) is -7.18. The van der Waals surface area contributed by atoms with Crippen LogP contribution < -0.4 is 9.86 Å². The van der Waals surface area contributed by atoms with Crippen molar-refractivity contribution in [1.82, 2.24) is 9.71 Å². The van der Waals surface area contributed by atoms with E-state index in [1.807, 2.05) is 0 Å². The van der Waals surface area contributed by atoms with Crippen molar-refractivity contribution in [2.45, 2.75) is 11.3 Å². The third-order valence-electron chi connectivity index (χ3n) is 1.84. The molecule has 17 heavy (non-hydrogen) atoms. The standard InChI is InChI=1S/C8H13N3O4S2/c9-16(12,13)6-2-5-11-17(14,15)8-3-1-4-10-7-8/h1,3-4,7,11H,2,5-6H2,(H2,9,12,13). The average Bonchev–Trinajstić information content (AvgIpc) is 2.25. The van der Waals surface area contributed by atoms with Gasteiger partial charge in [0.15, 0.2) is 0 Å². The van der Waals surface area contributed by atoms with E-state index >= 15 is 0 Å². The number of hydrogen-bond donors (Lipinski definition) is 2. The zero-order valence-electron chi connectivity index (χ0n) is 8.90. The van der Waals surface area contributed by atoms with Crippen molar-refractivity contribution in [3.05, 3.63) is 24.5 Å². The molecule has 1 rings (SSSR count). The molecule has 0 aliphatic rings. The minimum atomic E-state index is -3.63. The van der Waals surface area contributed by atoms with E-state index in [0.29, 0.717) is 0 Å². The number of nitrogens with two attached hydrogens (primary N) is 1. The molecule has 3 N–H and O–H groups in total. The minimum absolute atomic E-state index is 0.00760. The Balaban J connectivity index is 2.53. The van der Waals surface area contributed by atoms with Gasteiger partial charge in [-0.2, -0.15) is 0 Å². The molecular formula is C8H13N3O4S2. The van der Waals surface area contributed by atoms with Gasteiger partial charge in [0.2, 0.25) is 20.0 Å². The Morgan fingerprint density at radius 1 is 1.29 bits per heavy atom. The third kappa shape index (κ3) is 5.22. The Morgan fingerprint density at radius 2 is 2.00 bits per heavy atom. The van der Waals surface area contributed by atoms with Crippen LogP contribution in [-0.4, -0.2) is 34.1 Å². The highest BCUT2D eigenvalue weighted by molar-refractivity contribution is 7.89. The van der Waals surface area contributed by atoms with Crippen molar-refractivity contribution in [3.63, 3.8) is 0 Å². The van der Waals surface area contributed by atoms with Crippen molar-refractivity contribution in [2.75, 3.05) is 12.3 Å². The van der Waals surface area contributed by atoms with Crippen LogP contribution in [0.4, 0.5) is 0 Å². The van der Waals surface area contributed by atoms with Crippen molar-refractivity contribution in [2.24, 2.45) is 5.14 Å². The van der Waals surface area contributed by atoms with Gasteiger partial charge in [0.1, 0.15) is 4.90 Å². The Morgan fingerprint density at radius 3 is 2.53 bits per heavy atom. The van der Waals surface area contributed by atoms with E-state index in [0.717, 1.165) is 0 Å². The van der Waals surface area contributed by atoms with Gasteiger partial charge in [-0.25, -0.2) is 26.7 Å². The summed E-state index contributed by atoms with van der Waals surface area (Å²) in [5.74, 6) is -0.261. The summed E-state index contributed by atoms with van der Waals surface area (Å²) in [4.78, 5) is 3.72. The highest BCUT2D eigenvalue weighted by atomic mass is 32.2. The first kappa shape index (κ1) is 14.0. The van der Waals surface area contributed by atoms with Gasteiger partial charge in [-0.05, 0) is 18.6 Å². The Hall–Kier alpha value is -1.03. The highest BCUT2D eigenvalue weighted by Gasteiger charge is 2.13. The lowest BCUT2D eigenvalue weighted by Gasteiger charge is -2.05. The fourth-order valence-corrected chi connectivity index (χ4v) is 2.65. The first-order valence-electron chi connectivity index (χ1n) is 4.71. The van der Waals surface area contributed by atoms with Gasteiger partial charge < -0.3 is 0 Å². The van der Waals surface area contributed by atoms with Crippen molar-refractivity contribution in [3.8, 4) is 0 Å². The maximum Gasteiger partial charge on any atom is 0.242 e. The lowest BCUT2D eigenvalue weighted by Crippen LogP contribution is -2.27. The maximum absolute atomic E-state index is 11.6. The third-order valence-corrected chi connectivity index (χ3v) is 4.15. The number of rotatable bonds is 6. The molecule has 1 heterocycles. The van der Waals surface area contributed by atoms with Crippen LogP contribution in [0.2, 0.25) is 0 Å². The van der Waals surface area contributed by atoms with Crippen molar-refractivity contribution >= 4 is 20.0 Å². The van der Waals surface area contributed by atoms with E-state index < -0.39 is 20.0 Å². The predicted molar refractivity (Wildman–Crippen MR) is 62.0 cm³/mol. The summed E-state index contributed by atoms with van der Waals surface area (Å²) in [6.45, 7) is 0.00760. The Labute approximate surface area is 100 Å². The molecule has 0 aliphatic carbocycles. The predicted octanol–water partition coefficient (Wildman–Crippen LogP) is -0.961. The molecule has 0 aromatic carbocycles. The lowest BCUT2D eigenvalue weighted by molar-refractivity contribution is 0.576. The number of nitrogens with one attached hydrogen (secondary N) is 1. The molecule has 0 unspecified atom stereocenters. The van der Waals surface area contributed by atoms with Gasteiger partial charge in [0.05, 0.1) is 5.75 Å². The fourth-order valence-electron chi connectivity index (χ4n) is 1.07. The van der Waals surface area contributed by atoms with Crippen LogP contribution in [-0.2, 0) is 20.0 Å². The smallest absolute Gasteiger partial charge is 0.242 e. The van der Waals surface area contributed by atoms with Gasteiger partial charge in [-0.15, -0.1) is 0 Å². The number of aromatic nitrogens is 1. The molecule has 0 aliphatic heterocycles. The molecule has 0 atom stereocenters. The van der Waals surface area contributed by atoms with Crippen molar-refractivity contribution < 1.29 is 16.8 Å². The van der Waals surface area contributed by atoms with Crippen LogP contribution in [0, 0.1) is 0 Å². The summed E-state index contributed by atoms with van der Waals surface area (Å²) in [5, 5.41) is 4.78. The van der Waals surface area contributed by atoms with Gasteiger partial charge >= 0.3 is 0 Å². The first-order chi connectivity index (χ1) is 7.81. The van der Waals surface area contributed by atoms with E-state index in [4.69, 9.17) is 5.14 Å². The zero-order valence-corrected chi connectivity index (χ0v) is 10.5. The molecule has 1 aromatic rings. The van der Waals surface area contributed by atoms with Crippen LogP contribution in [0.25, 0.3) is 0 Å². The maximum atomic E-state index is 11.6. The van der Waals surface area contributed by atoms with E-state index in [9.17, 15) is 16.8 Å². The molecule has 7 nitrogen and oxygen atoms in total. The number of nitrogens with zero attached hydrogens (tertiary/aromatic N) is 1. The average molecular weight is 279 g/mol. The molecule has 0 spiro atoms. The zero-order chi connectivity index (χ0) is 12.9. The number of pyridine rings is 1. The molecule has 0 bridgehead atoms. The van der Waals surface area contributed by atoms with E-state index in [-0.39, 0.29) is 23.6 Å². The molecule has 9 heteroatoms. The molecule has 0 radical (unpaired) electrons. The summed E-state index contributed by atoms with van der Waals surface area (Å²) in [6, 6.07) is 2.90. The Kier molecular flexibility index (Phi) is 4.57. The first-order valence-corrected chi connectivity index (χ1v) is 7.91. The summed E-state index contributed by atoms with van der Waals surface area (Å²) >= 11 is 0. The molecule has 0 amide bonds. The minimum Gasteiger partial charge on any atom is -0.263 e. The molecule has 0 saturated heterocycles. The highest BCUT2D eigenvalue weighted by Crippen LogP contribution is 2.04. The quantitative estimate of drug-likeness (QED) is 0.650. The van der Waals surface area contributed by atoms with E-state index in [1.54, 1.807) is 0 Å². The molecule has 96 valence electrons. The number of sulfonamides is 2. The van der Waals surface area contributed by atoms with Crippen LogP contribution >= 0.6 is 0 Å². The molecule has 0 fully saturated rings. The van der Waals surface area contributed by atoms with E-state index in [1.165, 1.54) is 24.5 Å².